The second-order valence-electron chi connectivity index (χ2n) is 4.13. The molecule has 0 aliphatic rings. The number of carbonyl (C=O) groups is 1. The van der Waals surface area contributed by atoms with Crippen LogP contribution < -0.4 is 0 Å². The van der Waals surface area contributed by atoms with Crippen LogP contribution in [0.25, 0.3) is 0 Å². The molecule has 0 fully saturated rings. The molecule has 0 unspecified atom stereocenters. The van der Waals surface area contributed by atoms with E-state index in [0.717, 1.165) is 6.42 Å². The lowest BCUT2D eigenvalue weighted by atomic mass is 10.1. The highest BCUT2D eigenvalue weighted by atomic mass is 79.9. The van der Waals surface area contributed by atoms with E-state index in [0.29, 0.717) is 16.6 Å². The molecule has 0 atom stereocenters. The van der Waals surface area contributed by atoms with Crippen LogP contribution in [0, 0.1) is 10.1 Å². The molecule has 6 nitrogen and oxygen atoms in total. The lowest BCUT2D eigenvalue weighted by Crippen LogP contribution is -2.30. The van der Waals surface area contributed by atoms with Gasteiger partial charge in [-0.25, -0.2) is 0 Å². The van der Waals surface area contributed by atoms with Gasteiger partial charge in [0.05, 0.1) is 11.5 Å². The maximum atomic E-state index is 11.0. The number of halogens is 1. The molecule has 1 aromatic carbocycles. The van der Waals surface area contributed by atoms with Crippen molar-refractivity contribution in [2.24, 2.45) is 0 Å². The minimum absolute atomic E-state index is 0.000803. The SMILES string of the molecule is CCCN(CC(=O)O)Cc1ccc(Br)cc1[N+](=O)[O-]. The smallest absolute Gasteiger partial charge is 0.317 e. The predicted molar refractivity (Wildman–Crippen MR) is 74.0 cm³/mol. The summed E-state index contributed by atoms with van der Waals surface area (Å²) < 4.78 is 0.628. The first-order valence-corrected chi connectivity index (χ1v) is 6.60. The average molecular weight is 331 g/mol. The number of aliphatic carboxylic acids is 1. The number of nitro groups is 1. The molecule has 0 saturated heterocycles. The number of hydrogen-bond acceptors (Lipinski definition) is 4. The van der Waals surface area contributed by atoms with Crippen LogP contribution in [0.5, 0.6) is 0 Å². The average Bonchev–Trinajstić information content (AvgIpc) is 2.30. The highest BCUT2D eigenvalue weighted by Crippen LogP contribution is 2.24. The lowest BCUT2D eigenvalue weighted by Gasteiger charge is -2.19. The van der Waals surface area contributed by atoms with Gasteiger partial charge in [0.2, 0.25) is 0 Å². The summed E-state index contributed by atoms with van der Waals surface area (Å²) >= 11 is 3.19. The molecule has 0 aliphatic carbocycles. The van der Waals surface area contributed by atoms with E-state index in [1.54, 1.807) is 17.0 Å². The maximum Gasteiger partial charge on any atom is 0.317 e. The summed E-state index contributed by atoms with van der Waals surface area (Å²) in [6.07, 6.45) is 0.789. The molecule has 0 aromatic heterocycles. The van der Waals surface area contributed by atoms with Crippen molar-refractivity contribution in [3.05, 3.63) is 38.3 Å². The van der Waals surface area contributed by atoms with Gasteiger partial charge in [-0.2, -0.15) is 0 Å². The van der Waals surface area contributed by atoms with E-state index >= 15 is 0 Å². The number of rotatable bonds is 7. The molecule has 19 heavy (non-hydrogen) atoms. The Bertz CT molecular complexity index is 479. The molecule has 104 valence electrons. The Morgan fingerprint density at radius 3 is 2.74 bits per heavy atom. The summed E-state index contributed by atoms with van der Waals surface area (Å²) in [5, 5.41) is 19.8. The van der Waals surface area contributed by atoms with Gasteiger partial charge in [-0.05, 0) is 25.1 Å². The maximum absolute atomic E-state index is 11.0. The largest absolute Gasteiger partial charge is 0.480 e. The molecule has 7 heteroatoms. The van der Waals surface area contributed by atoms with Crippen LogP contribution in [0.1, 0.15) is 18.9 Å². The van der Waals surface area contributed by atoms with Gasteiger partial charge in [-0.1, -0.05) is 22.9 Å². The molecule has 0 aliphatic heterocycles. The summed E-state index contributed by atoms with van der Waals surface area (Å²) in [6, 6.07) is 4.79. The Labute approximate surface area is 119 Å². The van der Waals surface area contributed by atoms with Crippen molar-refractivity contribution < 1.29 is 14.8 Å². The highest BCUT2D eigenvalue weighted by molar-refractivity contribution is 9.10. The molecule has 0 heterocycles. The molecule has 1 rings (SSSR count). The van der Waals surface area contributed by atoms with E-state index in [1.165, 1.54) is 6.07 Å². The van der Waals surface area contributed by atoms with Gasteiger partial charge in [0.1, 0.15) is 0 Å². The molecule has 0 radical (unpaired) electrons. The van der Waals surface area contributed by atoms with E-state index in [1.807, 2.05) is 6.92 Å². The summed E-state index contributed by atoms with van der Waals surface area (Å²) in [7, 11) is 0. The Morgan fingerprint density at radius 1 is 1.53 bits per heavy atom. The second-order valence-corrected chi connectivity index (χ2v) is 5.05. The van der Waals surface area contributed by atoms with E-state index in [4.69, 9.17) is 5.11 Å². The number of carboxylic acids is 1. The Morgan fingerprint density at radius 2 is 2.21 bits per heavy atom. The lowest BCUT2D eigenvalue weighted by molar-refractivity contribution is -0.385. The van der Waals surface area contributed by atoms with Crippen molar-refractivity contribution in [1.29, 1.82) is 0 Å². The minimum atomic E-state index is -0.937. The van der Waals surface area contributed by atoms with Crippen molar-refractivity contribution in [3.63, 3.8) is 0 Å². The zero-order valence-electron chi connectivity index (χ0n) is 10.5. The fraction of sp³-hybridized carbons (Fsp3) is 0.417. The van der Waals surface area contributed by atoms with E-state index in [2.05, 4.69) is 15.9 Å². The monoisotopic (exact) mass is 330 g/mol. The van der Waals surface area contributed by atoms with Crippen molar-refractivity contribution in [2.45, 2.75) is 19.9 Å². The first kappa shape index (κ1) is 15.6. The highest BCUT2D eigenvalue weighted by Gasteiger charge is 2.18. The van der Waals surface area contributed by atoms with Crippen LogP contribution in [0.3, 0.4) is 0 Å². The third kappa shape index (κ3) is 4.96. The van der Waals surface area contributed by atoms with Gasteiger partial charge < -0.3 is 5.11 Å². The van der Waals surface area contributed by atoms with E-state index < -0.39 is 10.9 Å². The molecule has 0 spiro atoms. The van der Waals surface area contributed by atoms with Gasteiger partial charge >= 0.3 is 5.97 Å². The molecular weight excluding hydrogens is 316 g/mol. The normalized spacial score (nSPS) is 10.7. The third-order valence-electron chi connectivity index (χ3n) is 2.54. The number of hydrogen-bond donors (Lipinski definition) is 1. The Kier molecular flexibility index (Phi) is 5.91. The Balaban J connectivity index is 2.95. The van der Waals surface area contributed by atoms with Crippen LogP contribution in [0.2, 0.25) is 0 Å². The first-order valence-electron chi connectivity index (χ1n) is 5.81. The predicted octanol–water partition coefficient (Wildman–Crippen LogP) is 2.65. The quantitative estimate of drug-likeness (QED) is 0.613. The second kappa shape index (κ2) is 7.20. The van der Waals surface area contributed by atoms with Crippen molar-refractivity contribution in [2.75, 3.05) is 13.1 Å². The van der Waals surface area contributed by atoms with Crippen molar-refractivity contribution >= 4 is 27.6 Å². The van der Waals surface area contributed by atoms with Gasteiger partial charge in [0, 0.05) is 22.6 Å². The summed E-state index contributed by atoms with van der Waals surface area (Å²) in [5.74, 6) is -0.937. The van der Waals surface area contributed by atoms with Crippen molar-refractivity contribution in [1.82, 2.24) is 4.90 Å². The minimum Gasteiger partial charge on any atom is -0.480 e. The van der Waals surface area contributed by atoms with E-state index in [-0.39, 0.29) is 18.8 Å². The number of nitro benzene ring substituents is 1. The molecule has 1 N–H and O–H groups in total. The van der Waals surface area contributed by atoms with Crippen LogP contribution in [0.4, 0.5) is 5.69 Å². The van der Waals surface area contributed by atoms with E-state index in [9.17, 15) is 14.9 Å². The van der Waals surface area contributed by atoms with Crippen molar-refractivity contribution in [3.8, 4) is 0 Å². The summed E-state index contributed by atoms with van der Waals surface area (Å²) in [6.45, 7) is 2.65. The third-order valence-corrected chi connectivity index (χ3v) is 3.03. The van der Waals surface area contributed by atoms with Crippen LogP contribution >= 0.6 is 15.9 Å². The molecular formula is C12H15BrN2O4. The Hall–Kier alpha value is -1.47. The van der Waals surface area contributed by atoms with Crippen LogP contribution in [-0.2, 0) is 11.3 Å². The molecule has 0 bridgehead atoms. The van der Waals surface area contributed by atoms with Gasteiger partial charge in [0.25, 0.3) is 5.69 Å². The fourth-order valence-electron chi connectivity index (χ4n) is 1.80. The zero-order chi connectivity index (χ0) is 14.4. The summed E-state index contributed by atoms with van der Waals surface area (Å²) in [5.41, 5.74) is 0.517. The summed E-state index contributed by atoms with van der Waals surface area (Å²) in [4.78, 5) is 23.0. The van der Waals surface area contributed by atoms with Crippen LogP contribution in [0.15, 0.2) is 22.7 Å². The standard InChI is InChI=1S/C12H15BrN2O4/c1-2-5-14(8-12(16)17)7-9-3-4-10(13)6-11(9)15(18)19/h3-4,6H,2,5,7-8H2,1H3,(H,16,17). The van der Waals surface area contributed by atoms with Crippen LogP contribution in [-0.4, -0.2) is 34.0 Å². The number of benzene rings is 1. The number of nitrogens with zero attached hydrogens (tertiary/aromatic N) is 2. The molecule has 0 amide bonds. The molecule has 0 saturated carbocycles. The molecule has 1 aromatic rings. The van der Waals surface area contributed by atoms with Gasteiger partial charge in [-0.15, -0.1) is 0 Å². The number of carboxylic acid groups (broad SMARTS) is 1. The fourth-order valence-corrected chi connectivity index (χ4v) is 2.15. The van der Waals surface area contributed by atoms with Gasteiger partial charge in [-0.3, -0.25) is 19.8 Å². The topological polar surface area (TPSA) is 83.7 Å². The zero-order valence-corrected chi connectivity index (χ0v) is 12.1. The van der Waals surface area contributed by atoms with Gasteiger partial charge in [0.15, 0.2) is 0 Å². The first-order chi connectivity index (χ1) is 8.93.